The third-order valence-electron chi connectivity index (χ3n) is 3.70. The Bertz CT molecular complexity index is 527. The maximum absolute atomic E-state index is 6.05. The molecular formula is C14H20ClN3O3. The lowest BCUT2D eigenvalue weighted by molar-refractivity contribution is 0.0116. The molecule has 2 aliphatic rings. The Balaban J connectivity index is 1.92. The molecule has 3 heterocycles. The molecule has 1 saturated heterocycles. The Morgan fingerprint density at radius 2 is 1.90 bits per heavy atom. The highest BCUT2D eigenvalue weighted by Crippen LogP contribution is 2.41. The van der Waals surface area contributed by atoms with Crippen molar-refractivity contribution in [2.24, 2.45) is 5.41 Å². The first kappa shape index (κ1) is 14.7. The molecule has 0 amide bonds. The smallest absolute Gasteiger partial charge is 0.264 e. The SMILES string of the molecule is CC(C)(C)C1COc2c(nc(Cl)nc2N2CCOCC2)O1. The van der Waals surface area contributed by atoms with E-state index >= 15 is 0 Å². The topological polar surface area (TPSA) is 56.7 Å². The van der Waals surface area contributed by atoms with Crippen LogP contribution in [0.2, 0.25) is 5.28 Å². The maximum atomic E-state index is 6.05. The summed E-state index contributed by atoms with van der Waals surface area (Å²) in [6, 6.07) is 0. The lowest BCUT2D eigenvalue weighted by atomic mass is 9.89. The lowest BCUT2D eigenvalue weighted by Crippen LogP contribution is -2.42. The molecule has 1 atom stereocenters. The minimum atomic E-state index is -0.0616. The van der Waals surface area contributed by atoms with Crippen molar-refractivity contribution in [2.75, 3.05) is 37.8 Å². The molecule has 7 heteroatoms. The summed E-state index contributed by atoms with van der Waals surface area (Å²) < 4.78 is 17.3. The molecule has 1 aromatic rings. The Hall–Kier alpha value is -1.27. The van der Waals surface area contributed by atoms with Crippen LogP contribution in [0.25, 0.3) is 0 Å². The number of nitrogens with zero attached hydrogens (tertiary/aromatic N) is 3. The zero-order valence-corrected chi connectivity index (χ0v) is 13.3. The average molecular weight is 314 g/mol. The highest BCUT2D eigenvalue weighted by molar-refractivity contribution is 6.28. The van der Waals surface area contributed by atoms with Crippen LogP contribution in [0.5, 0.6) is 11.6 Å². The van der Waals surface area contributed by atoms with Gasteiger partial charge >= 0.3 is 0 Å². The number of fused-ring (bicyclic) bond motifs is 1. The normalized spacial score (nSPS) is 22.3. The van der Waals surface area contributed by atoms with E-state index in [1.165, 1.54) is 0 Å². The van der Waals surface area contributed by atoms with Crippen LogP contribution in [0.3, 0.4) is 0 Å². The van der Waals surface area contributed by atoms with Gasteiger partial charge in [-0.25, -0.2) is 0 Å². The van der Waals surface area contributed by atoms with Gasteiger partial charge in [-0.05, 0) is 11.6 Å². The first-order valence-corrected chi connectivity index (χ1v) is 7.52. The predicted octanol–water partition coefficient (Wildman–Crippen LogP) is 2.15. The van der Waals surface area contributed by atoms with Gasteiger partial charge in [-0.3, -0.25) is 0 Å². The minimum Gasteiger partial charge on any atom is -0.481 e. The fourth-order valence-corrected chi connectivity index (χ4v) is 2.50. The van der Waals surface area contributed by atoms with Crippen molar-refractivity contribution >= 4 is 17.4 Å². The molecule has 0 bridgehead atoms. The van der Waals surface area contributed by atoms with Gasteiger partial charge in [0.15, 0.2) is 5.82 Å². The van der Waals surface area contributed by atoms with Crippen molar-refractivity contribution in [1.29, 1.82) is 0 Å². The van der Waals surface area contributed by atoms with E-state index < -0.39 is 0 Å². The van der Waals surface area contributed by atoms with E-state index in [9.17, 15) is 0 Å². The molecule has 0 spiro atoms. The summed E-state index contributed by atoms with van der Waals surface area (Å²) in [5.41, 5.74) is -0.0335. The Labute approximate surface area is 129 Å². The molecule has 0 radical (unpaired) electrons. The second kappa shape index (κ2) is 5.50. The number of morpholine rings is 1. The quantitative estimate of drug-likeness (QED) is 0.741. The lowest BCUT2D eigenvalue weighted by Gasteiger charge is -2.36. The molecule has 0 N–H and O–H groups in total. The molecule has 0 aliphatic carbocycles. The summed E-state index contributed by atoms with van der Waals surface area (Å²) in [4.78, 5) is 10.6. The second-order valence-electron chi connectivity index (χ2n) is 6.33. The third-order valence-corrected chi connectivity index (χ3v) is 3.87. The number of rotatable bonds is 1. The molecule has 2 aliphatic heterocycles. The molecular weight excluding hydrogens is 294 g/mol. The van der Waals surface area contributed by atoms with Gasteiger partial charge in [0.05, 0.1) is 13.2 Å². The van der Waals surface area contributed by atoms with E-state index in [0.29, 0.717) is 37.3 Å². The Kier molecular flexibility index (Phi) is 3.84. The number of hydrogen-bond donors (Lipinski definition) is 0. The van der Waals surface area contributed by atoms with Crippen molar-refractivity contribution in [2.45, 2.75) is 26.9 Å². The van der Waals surface area contributed by atoms with Crippen LogP contribution in [0.1, 0.15) is 20.8 Å². The van der Waals surface area contributed by atoms with Crippen molar-refractivity contribution < 1.29 is 14.2 Å². The van der Waals surface area contributed by atoms with Gasteiger partial charge in [0.1, 0.15) is 12.7 Å². The second-order valence-corrected chi connectivity index (χ2v) is 6.67. The van der Waals surface area contributed by atoms with Crippen LogP contribution < -0.4 is 14.4 Å². The van der Waals surface area contributed by atoms with E-state index in [1.807, 2.05) is 0 Å². The fraction of sp³-hybridized carbons (Fsp3) is 0.714. The molecule has 1 fully saturated rings. The summed E-state index contributed by atoms with van der Waals surface area (Å²) in [5.74, 6) is 1.71. The zero-order chi connectivity index (χ0) is 15.0. The summed E-state index contributed by atoms with van der Waals surface area (Å²) in [5, 5.41) is 0.174. The fourth-order valence-electron chi connectivity index (χ4n) is 2.34. The van der Waals surface area contributed by atoms with Crippen LogP contribution in [0, 0.1) is 5.41 Å². The summed E-state index contributed by atoms with van der Waals surface area (Å²) in [7, 11) is 0. The van der Waals surface area contributed by atoms with Gasteiger partial charge in [-0.15, -0.1) is 0 Å². The molecule has 21 heavy (non-hydrogen) atoms. The van der Waals surface area contributed by atoms with Crippen LogP contribution in [-0.2, 0) is 4.74 Å². The van der Waals surface area contributed by atoms with Crippen LogP contribution >= 0.6 is 11.6 Å². The van der Waals surface area contributed by atoms with E-state index in [0.717, 1.165) is 13.1 Å². The maximum Gasteiger partial charge on any atom is 0.264 e. The predicted molar refractivity (Wildman–Crippen MR) is 79.4 cm³/mol. The van der Waals surface area contributed by atoms with E-state index in [-0.39, 0.29) is 16.8 Å². The first-order valence-electron chi connectivity index (χ1n) is 7.15. The Morgan fingerprint density at radius 1 is 1.19 bits per heavy atom. The van der Waals surface area contributed by atoms with E-state index in [4.69, 9.17) is 25.8 Å². The van der Waals surface area contributed by atoms with Gasteiger partial charge < -0.3 is 19.1 Å². The van der Waals surface area contributed by atoms with Gasteiger partial charge in [-0.2, -0.15) is 9.97 Å². The summed E-state index contributed by atoms with van der Waals surface area (Å²) in [6.07, 6.45) is -0.0616. The van der Waals surface area contributed by atoms with Crippen molar-refractivity contribution in [1.82, 2.24) is 9.97 Å². The highest BCUT2D eigenvalue weighted by atomic mass is 35.5. The standard InChI is InChI=1S/C14H20ClN3O3/c1-14(2,3)9-8-20-10-11(18-4-6-19-7-5-18)16-13(15)17-12(10)21-9/h9H,4-8H2,1-3H3. The molecule has 1 unspecified atom stereocenters. The molecule has 6 nitrogen and oxygen atoms in total. The van der Waals surface area contributed by atoms with Crippen LogP contribution in [0.15, 0.2) is 0 Å². The molecule has 3 rings (SSSR count). The van der Waals surface area contributed by atoms with Gasteiger partial charge in [0.25, 0.3) is 5.88 Å². The first-order chi connectivity index (χ1) is 9.95. The average Bonchev–Trinajstić information content (AvgIpc) is 2.45. The Morgan fingerprint density at radius 3 is 2.57 bits per heavy atom. The summed E-state index contributed by atoms with van der Waals surface area (Å²) >= 11 is 6.05. The van der Waals surface area contributed by atoms with E-state index in [2.05, 4.69) is 35.6 Å². The number of hydrogen-bond acceptors (Lipinski definition) is 6. The summed E-state index contributed by atoms with van der Waals surface area (Å²) in [6.45, 7) is 9.66. The minimum absolute atomic E-state index is 0.0335. The molecule has 0 aromatic carbocycles. The van der Waals surface area contributed by atoms with Crippen molar-refractivity contribution in [3.63, 3.8) is 0 Å². The third kappa shape index (κ3) is 3.01. The van der Waals surface area contributed by atoms with Gasteiger partial charge in [0.2, 0.25) is 11.0 Å². The molecule has 116 valence electrons. The largest absolute Gasteiger partial charge is 0.481 e. The number of anilines is 1. The van der Waals surface area contributed by atoms with Gasteiger partial charge in [0, 0.05) is 18.5 Å². The van der Waals surface area contributed by atoms with E-state index in [1.54, 1.807) is 0 Å². The highest BCUT2D eigenvalue weighted by Gasteiger charge is 2.35. The van der Waals surface area contributed by atoms with Gasteiger partial charge in [-0.1, -0.05) is 20.8 Å². The van der Waals surface area contributed by atoms with Crippen LogP contribution in [0.4, 0.5) is 5.82 Å². The molecule has 0 saturated carbocycles. The number of aromatic nitrogens is 2. The zero-order valence-electron chi connectivity index (χ0n) is 12.6. The molecule has 1 aromatic heterocycles. The number of halogens is 1. The number of ether oxygens (including phenoxy) is 3. The van der Waals surface area contributed by atoms with Crippen molar-refractivity contribution in [3.8, 4) is 11.6 Å². The van der Waals surface area contributed by atoms with Crippen LogP contribution in [-0.4, -0.2) is 49.0 Å². The van der Waals surface area contributed by atoms with Crippen molar-refractivity contribution in [3.05, 3.63) is 5.28 Å². The monoisotopic (exact) mass is 313 g/mol.